The van der Waals surface area contributed by atoms with Gasteiger partial charge >= 0.3 is 0 Å². The van der Waals surface area contributed by atoms with Crippen molar-refractivity contribution < 1.29 is 14.3 Å². The number of nitrogens with one attached hydrogen (secondary N) is 1. The Balaban J connectivity index is 1.64. The van der Waals surface area contributed by atoms with Gasteiger partial charge in [0.15, 0.2) is 6.61 Å². The molecular formula is C19H29N3O3. The van der Waals surface area contributed by atoms with Gasteiger partial charge in [-0.1, -0.05) is 18.2 Å². The van der Waals surface area contributed by atoms with E-state index in [0.29, 0.717) is 25.4 Å². The number of amides is 2. The van der Waals surface area contributed by atoms with E-state index in [1.54, 1.807) is 4.90 Å². The van der Waals surface area contributed by atoms with Crippen LogP contribution in [0.1, 0.15) is 19.3 Å². The van der Waals surface area contributed by atoms with Gasteiger partial charge in [0, 0.05) is 25.6 Å². The average Bonchev–Trinajstić information content (AvgIpc) is 2.64. The van der Waals surface area contributed by atoms with Crippen LogP contribution in [0.25, 0.3) is 0 Å². The van der Waals surface area contributed by atoms with Gasteiger partial charge in [-0.15, -0.1) is 0 Å². The third-order valence-corrected chi connectivity index (χ3v) is 4.41. The molecule has 6 heteroatoms. The van der Waals surface area contributed by atoms with Gasteiger partial charge in [-0.3, -0.25) is 9.59 Å². The molecule has 0 spiro atoms. The fourth-order valence-corrected chi connectivity index (χ4v) is 2.90. The smallest absolute Gasteiger partial charge is 0.260 e. The molecule has 1 fully saturated rings. The molecule has 138 valence electrons. The van der Waals surface area contributed by atoms with Gasteiger partial charge in [-0.05, 0) is 52.0 Å². The minimum absolute atomic E-state index is 0.0125. The normalized spacial score (nSPS) is 15.2. The molecule has 0 atom stereocenters. The Labute approximate surface area is 150 Å². The molecule has 1 aromatic carbocycles. The highest BCUT2D eigenvalue weighted by Gasteiger charge is 2.27. The second-order valence-electron chi connectivity index (χ2n) is 6.70. The Morgan fingerprint density at radius 2 is 1.88 bits per heavy atom. The number of carbonyl (C=O) groups is 2. The summed E-state index contributed by atoms with van der Waals surface area (Å²) in [5, 5.41) is 3.00. The van der Waals surface area contributed by atoms with Crippen molar-refractivity contribution in [2.45, 2.75) is 19.3 Å². The van der Waals surface area contributed by atoms with E-state index in [4.69, 9.17) is 4.74 Å². The maximum Gasteiger partial charge on any atom is 0.260 e. The summed E-state index contributed by atoms with van der Waals surface area (Å²) in [7, 11) is 4.05. The third-order valence-electron chi connectivity index (χ3n) is 4.41. The van der Waals surface area contributed by atoms with Gasteiger partial charge in [0.25, 0.3) is 5.91 Å². The molecule has 1 aliphatic heterocycles. The van der Waals surface area contributed by atoms with Crippen LogP contribution >= 0.6 is 0 Å². The molecule has 1 heterocycles. The summed E-state index contributed by atoms with van der Waals surface area (Å²) in [6.07, 6.45) is 2.39. The van der Waals surface area contributed by atoms with E-state index < -0.39 is 0 Å². The van der Waals surface area contributed by atoms with E-state index in [1.165, 1.54) is 0 Å². The molecule has 1 aromatic rings. The highest BCUT2D eigenvalue weighted by molar-refractivity contribution is 5.80. The fraction of sp³-hybridized carbons (Fsp3) is 0.579. The van der Waals surface area contributed by atoms with E-state index in [2.05, 4.69) is 10.2 Å². The summed E-state index contributed by atoms with van der Waals surface area (Å²) >= 11 is 0. The molecule has 0 aliphatic carbocycles. The summed E-state index contributed by atoms with van der Waals surface area (Å²) in [6.45, 7) is 2.96. The number of rotatable bonds is 8. The highest BCUT2D eigenvalue weighted by Crippen LogP contribution is 2.18. The second-order valence-corrected chi connectivity index (χ2v) is 6.70. The zero-order valence-electron chi connectivity index (χ0n) is 15.2. The summed E-state index contributed by atoms with van der Waals surface area (Å²) < 4.78 is 5.51. The lowest BCUT2D eigenvalue weighted by molar-refractivity contribution is -0.137. The summed E-state index contributed by atoms with van der Waals surface area (Å²) in [5.41, 5.74) is 0. The molecule has 1 aliphatic rings. The van der Waals surface area contributed by atoms with Crippen molar-refractivity contribution in [3.63, 3.8) is 0 Å². The molecule has 1 N–H and O–H groups in total. The molecule has 0 unspecified atom stereocenters. The van der Waals surface area contributed by atoms with Crippen molar-refractivity contribution >= 4 is 11.8 Å². The van der Waals surface area contributed by atoms with Crippen molar-refractivity contribution in [1.82, 2.24) is 15.1 Å². The molecule has 6 nitrogen and oxygen atoms in total. The lowest BCUT2D eigenvalue weighted by Gasteiger charge is -2.31. The van der Waals surface area contributed by atoms with Crippen LogP contribution in [0.3, 0.4) is 0 Å². The Morgan fingerprint density at radius 1 is 1.20 bits per heavy atom. The van der Waals surface area contributed by atoms with Crippen LogP contribution in [0, 0.1) is 5.92 Å². The third kappa shape index (κ3) is 6.74. The van der Waals surface area contributed by atoms with Crippen LogP contribution in [0.2, 0.25) is 0 Å². The number of hydrogen-bond acceptors (Lipinski definition) is 4. The number of nitrogens with zero attached hydrogens (tertiary/aromatic N) is 2. The highest BCUT2D eigenvalue weighted by atomic mass is 16.5. The van der Waals surface area contributed by atoms with Gasteiger partial charge in [-0.25, -0.2) is 0 Å². The average molecular weight is 347 g/mol. The number of hydrogen-bond donors (Lipinski definition) is 1. The van der Waals surface area contributed by atoms with Gasteiger partial charge in [0.05, 0.1) is 0 Å². The molecule has 0 saturated carbocycles. The largest absolute Gasteiger partial charge is 0.484 e. The number of piperidine rings is 1. The molecule has 0 radical (unpaired) electrons. The Hall–Kier alpha value is -2.08. The van der Waals surface area contributed by atoms with E-state index in [1.807, 2.05) is 44.4 Å². The zero-order valence-corrected chi connectivity index (χ0v) is 15.2. The van der Waals surface area contributed by atoms with E-state index in [9.17, 15) is 9.59 Å². The molecule has 1 saturated heterocycles. The van der Waals surface area contributed by atoms with Crippen LogP contribution < -0.4 is 10.1 Å². The predicted molar refractivity (Wildman–Crippen MR) is 97.4 cm³/mol. The Morgan fingerprint density at radius 3 is 2.52 bits per heavy atom. The molecule has 0 bridgehead atoms. The molecule has 0 aromatic heterocycles. The SMILES string of the molecule is CN(C)CCCNC(=O)C1CCN(C(=O)COc2ccccc2)CC1. The topological polar surface area (TPSA) is 61.9 Å². The van der Waals surface area contributed by atoms with E-state index in [-0.39, 0.29) is 24.3 Å². The number of ether oxygens (including phenoxy) is 1. The van der Waals surface area contributed by atoms with Crippen molar-refractivity contribution in [1.29, 1.82) is 0 Å². The molecule has 2 rings (SSSR count). The number of benzene rings is 1. The van der Waals surface area contributed by atoms with Gasteiger partial charge in [-0.2, -0.15) is 0 Å². The maximum atomic E-state index is 12.2. The lowest BCUT2D eigenvalue weighted by atomic mass is 9.96. The predicted octanol–water partition coefficient (Wildman–Crippen LogP) is 1.37. The van der Waals surface area contributed by atoms with E-state index in [0.717, 1.165) is 25.8 Å². The lowest BCUT2D eigenvalue weighted by Crippen LogP contribution is -2.44. The molecular weight excluding hydrogens is 318 g/mol. The van der Waals surface area contributed by atoms with Crippen molar-refractivity contribution in [3.05, 3.63) is 30.3 Å². The minimum Gasteiger partial charge on any atom is -0.484 e. The zero-order chi connectivity index (χ0) is 18.1. The van der Waals surface area contributed by atoms with Crippen LogP contribution in [-0.4, -0.2) is 68.5 Å². The first kappa shape index (κ1) is 19.2. The fourth-order valence-electron chi connectivity index (χ4n) is 2.90. The van der Waals surface area contributed by atoms with Gasteiger partial charge < -0.3 is 19.9 Å². The summed E-state index contributed by atoms with van der Waals surface area (Å²) in [6, 6.07) is 9.33. The first-order chi connectivity index (χ1) is 12.1. The number of carbonyl (C=O) groups excluding carboxylic acids is 2. The second kappa shape index (κ2) is 10.0. The van der Waals surface area contributed by atoms with Crippen molar-refractivity contribution in [2.75, 3.05) is 46.9 Å². The Bertz CT molecular complexity index is 540. The van der Waals surface area contributed by atoms with Gasteiger partial charge in [0.2, 0.25) is 5.91 Å². The van der Waals surface area contributed by atoms with Crippen molar-refractivity contribution in [3.8, 4) is 5.75 Å². The molecule has 2 amide bonds. The Kier molecular flexibility index (Phi) is 7.73. The minimum atomic E-state index is -0.0197. The summed E-state index contributed by atoms with van der Waals surface area (Å²) in [5.74, 6) is 0.807. The first-order valence-electron chi connectivity index (χ1n) is 8.94. The van der Waals surface area contributed by atoms with Crippen LogP contribution in [0.15, 0.2) is 30.3 Å². The standard InChI is InChI=1S/C19H29N3O3/c1-21(2)12-6-11-20-19(24)16-9-13-22(14-10-16)18(23)15-25-17-7-4-3-5-8-17/h3-5,7-8,16H,6,9-15H2,1-2H3,(H,20,24). The van der Waals surface area contributed by atoms with Crippen LogP contribution in [0.4, 0.5) is 0 Å². The summed E-state index contributed by atoms with van der Waals surface area (Å²) in [4.78, 5) is 28.3. The first-order valence-corrected chi connectivity index (χ1v) is 8.94. The van der Waals surface area contributed by atoms with Gasteiger partial charge in [0.1, 0.15) is 5.75 Å². The maximum absolute atomic E-state index is 12.2. The number of para-hydroxylation sites is 1. The monoisotopic (exact) mass is 347 g/mol. The molecule has 25 heavy (non-hydrogen) atoms. The van der Waals surface area contributed by atoms with Crippen LogP contribution in [-0.2, 0) is 9.59 Å². The quantitative estimate of drug-likeness (QED) is 0.722. The van der Waals surface area contributed by atoms with Crippen LogP contribution in [0.5, 0.6) is 5.75 Å². The van der Waals surface area contributed by atoms with Crippen molar-refractivity contribution in [2.24, 2.45) is 5.92 Å². The number of likely N-dealkylation sites (tertiary alicyclic amines) is 1. The van der Waals surface area contributed by atoms with E-state index >= 15 is 0 Å².